The number of fused-ring (bicyclic) bond motifs is 2. The van der Waals surface area contributed by atoms with E-state index in [1.807, 2.05) is 47.4 Å². The SMILES string of the molecule is O=C(/C=C/c1ccc2c(c1)CCO2)N1CCC[C@@H](c2nc3ccccc3[nH]2)C1. The lowest BCUT2D eigenvalue weighted by Gasteiger charge is -2.31. The van der Waals surface area contributed by atoms with Crippen molar-refractivity contribution in [2.24, 2.45) is 0 Å². The van der Waals surface area contributed by atoms with Gasteiger partial charge in [0.05, 0.1) is 17.6 Å². The van der Waals surface area contributed by atoms with E-state index in [1.54, 1.807) is 6.08 Å². The Bertz CT molecular complexity index is 1020. The molecule has 1 aromatic heterocycles. The van der Waals surface area contributed by atoms with Crippen LogP contribution >= 0.6 is 0 Å². The van der Waals surface area contributed by atoms with Gasteiger partial charge >= 0.3 is 0 Å². The van der Waals surface area contributed by atoms with Crippen LogP contribution in [0.15, 0.2) is 48.5 Å². The van der Waals surface area contributed by atoms with Gasteiger partial charge in [-0.3, -0.25) is 4.79 Å². The van der Waals surface area contributed by atoms with E-state index in [9.17, 15) is 4.79 Å². The maximum absolute atomic E-state index is 12.7. The van der Waals surface area contributed by atoms with E-state index in [0.29, 0.717) is 6.54 Å². The molecule has 1 fully saturated rings. The number of likely N-dealkylation sites (tertiary alicyclic amines) is 1. The third-order valence-corrected chi connectivity index (χ3v) is 5.66. The van der Waals surface area contributed by atoms with Crippen molar-refractivity contribution in [1.29, 1.82) is 0 Å². The van der Waals surface area contributed by atoms with E-state index in [4.69, 9.17) is 9.72 Å². The van der Waals surface area contributed by atoms with Gasteiger partial charge in [-0.2, -0.15) is 0 Å². The summed E-state index contributed by atoms with van der Waals surface area (Å²) in [5.41, 5.74) is 4.31. The summed E-state index contributed by atoms with van der Waals surface area (Å²) in [7, 11) is 0. The largest absolute Gasteiger partial charge is 0.493 e. The van der Waals surface area contributed by atoms with Crippen molar-refractivity contribution in [2.45, 2.75) is 25.2 Å². The Morgan fingerprint density at radius 3 is 3.11 bits per heavy atom. The Hall–Kier alpha value is -3.08. The molecule has 0 saturated carbocycles. The lowest BCUT2D eigenvalue weighted by Crippen LogP contribution is -2.38. The predicted molar refractivity (Wildman–Crippen MR) is 109 cm³/mol. The molecule has 0 unspecified atom stereocenters. The van der Waals surface area contributed by atoms with E-state index in [1.165, 1.54) is 5.56 Å². The van der Waals surface area contributed by atoms with Crippen molar-refractivity contribution < 1.29 is 9.53 Å². The molecule has 5 nitrogen and oxygen atoms in total. The molecule has 0 radical (unpaired) electrons. The third-order valence-electron chi connectivity index (χ3n) is 5.66. The first-order valence-corrected chi connectivity index (χ1v) is 9.93. The molecule has 5 heteroatoms. The Morgan fingerprint density at radius 1 is 1.25 bits per heavy atom. The minimum Gasteiger partial charge on any atom is -0.493 e. The zero-order valence-corrected chi connectivity index (χ0v) is 15.7. The van der Waals surface area contributed by atoms with Gasteiger partial charge in [0.2, 0.25) is 5.91 Å². The molecule has 0 aliphatic carbocycles. The lowest BCUT2D eigenvalue weighted by atomic mass is 9.97. The first-order chi connectivity index (χ1) is 13.8. The zero-order chi connectivity index (χ0) is 18.9. The van der Waals surface area contributed by atoms with Crippen molar-refractivity contribution in [2.75, 3.05) is 19.7 Å². The van der Waals surface area contributed by atoms with Gasteiger partial charge in [0.1, 0.15) is 11.6 Å². The first kappa shape index (κ1) is 17.0. The van der Waals surface area contributed by atoms with Gasteiger partial charge in [-0.05, 0) is 54.3 Å². The van der Waals surface area contributed by atoms with Crippen LogP contribution < -0.4 is 4.74 Å². The summed E-state index contributed by atoms with van der Waals surface area (Å²) in [4.78, 5) is 22.8. The molecule has 2 aliphatic heterocycles. The number of H-pyrrole nitrogens is 1. The van der Waals surface area contributed by atoms with Crippen LogP contribution in [0.3, 0.4) is 0 Å². The van der Waals surface area contributed by atoms with Crippen LogP contribution in [0.1, 0.15) is 35.7 Å². The van der Waals surface area contributed by atoms with Crippen molar-refractivity contribution in [3.05, 3.63) is 65.5 Å². The van der Waals surface area contributed by atoms with Crippen LogP contribution in [0, 0.1) is 0 Å². The number of rotatable bonds is 3. The number of piperidine rings is 1. The Kier molecular flexibility index (Phi) is 4.35. The monoisotopic (exact) mass is 373 g/mol. The minimum absolute atomic E-state index is 0.0672. The molecule has 0 bridgehead atoms. The van der Waals surface area contributed by atoms with Crippen LogP contribution in [-0.2, 0) is 11.2 Å². The van der Waals surface area contributed by atoms with Gasteiger partial charge in [-0.1, -0.05) is 18.2 Å². The number of para-hydroxylation sites is 2. The quantitative estimate of drug-likeness (QED) is 0.708. The van der Waals surface area contributed by atoms with E-state index >= 15 is 0 Å². The van der Waals surface area contributed by atoms with Gasteiger partial charge in [0.15, 0.2) is 0 Å². The van der Waals surface area contributed by atoms with E-state index in [0.717, 1.165) is 60.6 Å². The lowest BCUT2D eigenvalue weighted by molar-refractivity contribution is -0.127. The highest BCUT2D eigenvalue weighted by atomic mass is 16.5. The second kappa shape index (κ2) is 7.15. The summed E-state index contributed by atoms with van der Waals surface area (Å²) in [6, 6.07) is 14.2. The highest BCUT2D eigenvalue weighted by molar-refractivity contribution is 5.92. The molecule has 1 amide bonds. The van der Waals surface area contributed by atoms with Gasteiger partial charge in [-0.25, -0.2) is 4.98 Å². The fraction of sp³-hybridized carbons (Fsp3) is 0.304. The first-order valence-electron chi connectivity index (χ1n) is 9.93. The number of nitrogens with one attached hydrogen (secondary N) is 1. The van der Waals surface area contributed by atoms with Crippen molar-refractivity contribution in [1.82, 2.24) is 14.9 Å². The molecule has 5 rings (SSSR count). The van der Waals surface area contributed by atoms with Gasteiger partial charge in [0.25, 0.3) is 0 Å². The molecule has 2 aromatic carbocycles. The number of aromatic amines is 1. The summed E-state index contributed by atoms with van der Waals surface area (Å²) in [5.74, 6) is 2.28. The average Bonchev–Trinajstić information content (AvgIpc) is 3.38. The summed E-state index contributed by atoms with van der Waals surface area (Å²) in [6.07, 6.45) is 6.59. The third kappa shape index (κ3) is 3.28. The summed E-state index contributed by atoms with van der Waals surface area (Å²) in [6.45, 7) is 2.26. The summed E-state index contributed by atoms with van der Waals surface area (Å²) in [5, 5.41) is 0. The molecule has 1 atom stereocenters. The minimum atomic E-state index is 0.0672. The molecule has 3 heterocycles. The number of amides is 1. The fourth-order valence-electron chi connectivity index (χ4n) is 4.15. The number of aromatic nitrogens is 2. The number of carbonyl (C=O) groups is 1. The van der Waals surface area contributed by atoms with Crippen molar-refractivity contribution in [3.63, 3.8) is 0 Å². The topological polar surface area (TPSA) is 58.2 Å². The van der Waals surface area contributed by atoms with Gasteiger partial charge in [0, 0.05) is 31.5 Å². The molecule has 0 spiro atoms. The molecule has 142 valence electrons. The number of nitrogens with zero attached hydrogens (tertiary/aromatic N) is 2. The van der Waals surface area contributed by atoms with E-state index < -0.39 is 0 Å². The zero-order valence-electron chi connectivity index (χ0n) is 15.7. The smallest absolute Gasteiger partial charge is 0.246 e. The molecule has 1 N–H and O–H groups in total. The number of ether oxygens (including phenoxy) is 1. The number of imidazole rings is 1. The highest BCUT2D eigenvalue weighted by Gasteiger charge is 2.25. The molecular formula is C23H23N3O2. The standard InChI is InChI=1S/C23H23N3O2/c27-22(10-8-16-7-9-21-17(14-16)11-13-28-21)26-12-3-4-18(15-26)23-24-19-5-1-2-6-20(19)25-23/h1-2,5-10,14,18H,3-4,11-13,15H2,(H,24,25)/b10-8+/t18-/m1/s1. The highest BCUT2D eigenvalue weighted by Crippen LogP contribution is 2.28. The number of carbonyl (C=O) groups excluding carboxylic acids is 1. The van der Waals surface area contributed by atoms with Crippen LogP contribution in [0.5, 0.6) is 5.75 Å². The Morgan fingerprint density at radius 2 is 2.18 bits per heavy atom. The molecular weight excluding hydrogens is 350 g/mol. The second-order valence-corrected chi connectivity index (χ2v) is 7.56. The Balaban J connectivity index is 1.28. The van der Waals surface area contributed by atoms with E-state index in [-0.39, 0.29) is 11.8 Å². The molecule has 1 saturated heterocycles. The van der Waals surface area contributed by atoms with Gasteiger partial charge in [-0.15, -0.1) is 0 Å². The normalized spacial score (nSPS) is 19.1. The predicted octanol–water partition coefficient (Wildman–Crippen LogP) is 3.92. The van der Waals surface area contributed by atoms with Crippen LogP contribution in [0.2, 0.25) is 0 Å². The maximum atomic E-state index is 12.7. The number of benzene rings is 2. The van der Waals surface area contributed by atoms with Crippen LogP contribution in [-0.4, -0.2) is 40.5 Å². The molecule has 3 aromatic rings. The van der Waals surface area contributed by atoms with E-state index in [2.05, 4.69) is 11.1 Å². The van der Waals surface area contributed by atoms with Crippen LogP contribution in [0.4, 0.5) is 0 Å². The number of hydrogen-bond donors (Lipinski definition) is 1. The fourth-order valence-corrected chi connectivity index (χ4v) is 4.15. The van der Waals surface area contributed by atoms with Crippen LogP contribution in [0.25, 0.3) is 17.1 Å². The molecule has 28 heavy (non-hydrogen) atoms. The summed E-state index contributed by atoms with van der Waals surface area (Å²) < 4.78 is 5.54. The second-order valence-electron chi connectivity index (χ2n) is 7.56. The average molecular weight is 373 g/mol. The van der Waals surface area contributed by atoms with Crippen molar-refractivity contribution >= 4 is 23.0 Å². The Labute approximate surface area is 164 Å². The van der Waals surface area contributed by atoms with Crippen molar-refractivity contribution in [3.8, 4) is 5.75 Å². The summed E-state index contributed by atoms with van der Waals surface area (Å²) >= 11 is 0. The van der Waals surface area contributed by atoms with Gasteiger partial charge < -0.3 is 14.6 Å². The maximum Gasteiger partial charge on any atom is 0.246 e. The number of hydrogen-bond acceptors (Lipinski definition) is 3. The molecule has 2 aliphatic rings.